The Morgan fingerprint density at radius 2 is 1.84 bits per heavy atom. The number of halogens is 3. The first-order valence-electron chi connectivity index (χ1n) is 9.70. The molecule has 0 radical (unpaired) electrons. The SMILES string of the molecule is COc1ccc(OC(F)(F)F)cc1S(=O)(=O)Nc1cncc(C(=O)OC2CCCCC2)c1. The van der Waals surface area contributed by atoms with Crippen LogP contribution >= 0.6 is 0 Å². The van der Waals surface area contributed by atoms with Gasteiger partial charge in [0.25, 0.3) is 10.0 Å². The Labute approximate surface area is 182 Å². The zero-order valence-electron chi connectivity index (χ0n) is 17.0. The van der Waals surface area contributed by atoms with Gasteiger partial charge in [-0.3, -0.25) is 9.71 Å². The number of esters is 1. The third-order valence-electron chi connectivity index (χ3n) is 4.71. The van der Waals surface area contributed by atoms with Gasteiger partial charge in [-0.05, 0) is 43.9 Å². The number of aromatic nitrogens is 1. The van der Waals surface area contributed by atoms with Crippen molar-refractivity contribution in [2.45, 2.75) is 49.5 Å². The van der Waals surface area contributed by atoms with Crippen LogP contribution in [-0.4, -0.2) is 38.9 Å². The van der Waals surface area contributed by atoms with E-state index in [4.69, 9.17) is 9.47 Å². The molecule has 0 unspecified atom stereocenters. The summed E-state index contributed by atoms with van der Waals surface area (Å²) in [6, 6.07) is 3.88. The number of methoxy groups -OCH3 is 1. The van der Waals surface area contributed by atoms with E-state index in [9.17, 15) is 26.4 Å². The highest BCUT2D eigenvalue weighted by Crippen LogP contribution is 2.32. The summed E-state index contributed by atoms with van der Waals surface area (Å²) in [5.41, 5.74) is -0.0378. The van der Waals surface area contributed by atoms with Crippen LogP contribution in [0.4, 0.5) is 18.9 Å². The molecule has 0 bridgehead atoms. The number of sulfonamides is 1. The van der Waals surface area contributed by atoms with Gasteiger partial charge < -0.3 is 14.2 Å². The summed E-state index contributed by atoms with van der Waals surface area (Å²) in [6.07, 6.45) is 1.75. The summed E-state index contributed by atoms with van der Waals surface area (Å²) in [5, 5.41) is 0. The molecule has 174 valence electrons. The molecule has 1 heterocycles. The number of nitrogens with zero attached hydrogens (tertiary/aromatic N) is 1. The molecule has 12 heteroatoms. The van der Waals surface area contributed by atoms with Crippen molar-refractivity contribution in [1.29, 1.82) is 0 Å². The topological polar surface area (TPSA) is 104 Å². The minimum atomic E-state index is -5.00. The number of carbonyl (C=O) groups excluding carboxylic acids is 1. The maximum atomic E-state index is 12.8. The number of nitrogens with one attached hydrogen (secondary N) is 1. The van der Waals surface area contributed by atoms with Gasteiger partial charge >= 0.3 is 12.3 Å². The maximum Gasteiger partial charge on any atom is 0.573 e. The average Bonchev–Trinajstić information content (AvgIpc) is 2.73. The quantitative estimate of drug-likeness (QED) is 0.598. The Bertz CT molecular complexity index is 1070. The van der Waals surface area contributed by atoms with Crippen LogP contribution < -0.4 is 14.2 Å². The molecule has 0 spiro atoms. The highest BCUT2D eigenvalue weighted by molar-refractivity contribution is 7.92. The summed E-state index contributed by atoms with van der Waals surface area (Å²) >= 11 is 0. The highest BCUT2D eigenvalue weighted by Gasteiger charge is 2.32. The predicted octanol–water partition coefficient (Wildman–Crippen LogP) is 4.28. The van der Waals surface area contributed by atoms with Crippen molar-refractivity contribution in [3.05, 3.63) is 42.2 Å². The van der Waals surface area contributed by atoms with Crippen molar-refractivity contribution >= 4 is 21.7 Å². The van der Waals surface area contributed by atoms with Crippen LogP contribution in [0.25, 0.3) is 0 Å². The lowest BCUT2D eigenvalue weighted by atomic mass is 9.98. The first-order chi connectivity index (χ1) is 15.1. The summed E-state index contributed by atoms with van der Waals surface area (Å²) in [4.78, 5) is 15.7. The van der Waals surface area contributed by atoms with Crippen molar-refractivity contribution in [2.24, 2.45) is 0 Å². The fourth-order valence-corrected chi connectivity index (χ4v) is 4.50. The maximum absolute atomic E-state index is 12.8. The Hall–Kier alpha value is -3.02. The molecule has 0 saturated heterocycles. The van der Waals surface area contributed by atoms with Gasteiger partial charge in [0, 0.05) is 12.3 Å². The van der Waals surface area contributed by atoms with Gasteiger partial charge in [-0.2, -0.15) is 0 Å². The van der Waals surface area contributed by atoms with E-state index in [1.165, 1.54) is 19.4 Å². The number of carbonyl (C=O) groups is 1. The van der Waals surface area contributed by atoms with Gasteiger partial charge in [0.05, 0.1) is 24.6 Å². The van der Waals surface area contributed by atoms with Crippen LogP contribution in [0.15, 0.2) is 41.6 Å². The number of alkyl halides is 3. The summed E-state index contributed by atoms with van der Waals surface area (Å²) in [5.74, 6) is -1.57. The predicted molar refractivity (Wildman–Crippen MR) is 107 cm³/mol. The molecule has 8 nitrogen and oxygen atoms in total. The molecule has 1 fully saturated rings. The molecule has 1 saturated carbocycles. The number of hydrogen-bond acceptors (Lipinski definition) is 7. The van der Waals surface area contributed by atoms with E-state index in [-0.39, 0.29) is 23.1 Å². The normalized spacial score (nSPS) is 15.1. The van der Waals surface area contributed by atoms with Gasteiger partial charge in [0.15, 0.2) is 0 Å². The van der Waals surface area contributed by atoms with E-state index in [2.05, 4.69) is 14.4 Å². The molecule has 0 aliphatic heterocycles. The number of hydrogen-bond donors (Lipinski definition) is 1. The van der Waals surface area contributed by atoms with Crippen molar-refractivity contribution in [3.63, 3.8) is 0 Å². The van der Waals surface area contributed by atoms with Gasteiger partial charge in [-0.15, -0.1) is 13.2 Å². The Morgan fingerprint density at radius 1 is 1.12 bits per heavy atom. The van der Waals surface area contributed by atoms with Crippen molar-refractivity contribution in [3.8, 4) is 11.5 Å². The molecule has 0 atom stereocenters. The molecule has 0 amide bonds. The number of anilines is 1. The van der Waals surface area contributed by atoms with E-state index in [1.54, 1.807) is 0 Å². The van der Waals surface area contributed by atoms with Crippen LogP contribution in [0.5, 0.6) is 11.5 Å². The summed E-state index contributed by atoms with van der Waals surface area (Å²) < 4.78 is 79.6. The molecule has 2 aromatic rings. The molecular formula is C20H21F3N2O6S. The van der Waals surface area contributed by atoms with Gasteiger partial charge in [-0.25, -0.2) is 13.2 Å². The molecular weight excluding hydrogens is 453 g/mol. The van der Waals surface area contributed by atoms with Crippen molar-refractivity contribution in [1.82, 2.24) is 4.98 Å². The van der Waals surface area contributed by atoms with Gasteiger partial charge in [0.1, 0.15) is 22.5 Å². The summed E-state index contributed by atoms with van der Waals surface area (Å²) in [6.45, 7) is 0. The lowest BCUT2D eigenvalue weighted by Gasteiger charge is -2.21. The van der Waals surface area contributed by atoms with Gasteiger partial charge in [0.2, 0.25) is 0 Å². The Balaban J connectivity index is 1.81. The van der Waals surface area contributed by atoms with Crippen LogP contribution in [0.3, 0.4) is 0 Å². The van der Waals surface area contributed by atoms with Crippen LogP contribution in [0, 0.1) is 0 Å². The van der Waals surface area contributed by atoms with E-state index in [0.29, 0.717) is 6.07 Å². The molecule has 3 rings (SSSR count). The van der Waals surface area contributed by atoms with Crippen LogP contribution in [-0.2, 0) is 14.8 Å². The molecule has 1 aromatic carbocycles. The minimum Gasteiger partial charge on any atom is -0.495 e. The largest absolute Gasteiger partial charge is 0.573 e. The lowest BCUT2D eigenvalue weighted by Crippen LogP contribution is -2.21. The number of benzene rings is 1. The molecule has 1 aliphatic rings. The highest BCUT2D eigenvalue weighted by atomic mass is 32.2. The second-order valence-corrected chi connectivity index (χ2v) is 8.74. The molecule has 1 N–H and O–H groups in total. The third kappa shape index (κ3) is 6.25. The number of rotatable bonds is 7. The minimum absolute atomic E-state index is 0.0388. The zero-order chi connectivity index (χ0) is 23.4. The van der Waals surface area contributed by atoms with E-state index < -0.39 is 33.0 Å². The fourth-order valence-electron chi connectivity index (χ4n) is 3.28. The zero-order valence-corrected chi connectivity index (χ0v) is 17.8. The van der Waals surface area contributed by atoms with E-state index >= 15 is 0 Å². The average molecular weight is 474 g/mol. The Morgan fingerprint density at radius 3 is 2.50 bits per heavy atom. The third-order valence-corrected chi connectivity index (χ3v) is 6.11. The van der Waals surface area contributed by atoms with Crippen LogP contribution in [0.1, 0.15) is 42.5 Å². The van der Waals surface area contributed by atoms with Crippen molar-refractivity contribution < 1.29 is 40.6 Å². The van der Waals surface area contributed by atoms with Gasteiger partial charge in [-0.1, -0.05) is 6.42 Å². The first kappa shape index (κ1) is 23.6. The molecule has 32 heavy (non-hydrogen) atoms. The lowest BCUT2D eigenvalue weighted by molar-refractivity contribution is -0.274. The number of pyridine rings is 1. The Kier molecular flexibility index (Phi) is 7.12. The summed E-state index contributed by atoms with van der Waals surface area (Å²) in [7, 11) is -3.25. The fraction of sp³-hybridized carbons (Fsp3) is 0.400. The molecule has 1 aliphatic carbocycles. The first-order valence-corrected chi connectivity index (χ1v) is 11.2. The molecule has 1 aromatic heterocycles. The standard InChI is InChI=1S/C20H21F3N2O6S/c1-29-17-8-7-16(31-20(21,22)23)10-18(17)32(27,28)25-14-9-13(11-24-12-14)19(26)30-15-5-3-2-4-6-15/h7-12,15,25H,2-6H2,1H3. The monoisotopic (exact) mass is 474 g/mol. The second-order valence-electron chi connectivity index (χ2n) is 7.09. The number of ether oxygens (including phenoxy) is 3. The van der Waals surface area contributed by atoms with Crippen molar-refractivity contribution in [2.75, 3.05) is 11.8 Å². The second kappa shape index (κ2) is 9.63. The van der Waals surface area contributed by atoms with Crippen LogP contribution in [0.2, 0.25) is 0 Å². The van der Waals surface area contributed by atoms with E-state index in [1.807, 2.05) is 0 Å². The van der Waals surface area contributed by atoms with E-state index in [0.717, 1.165) is 50.4 Å². The smallest absolute Gasteiger partial charge is 0.495 e.